The Kier molecular flexibility index (Phi) is 5.58. The third kappa shape index (κ3) is 4.98. The number of para-hydroxylation sites is 2. The molecule has 0 aliphatic carbocycles. The summed E-state index contributed by atoms with van der Waals surface area (Å²) in [5.74, 6) is -1.00. The fourth-order valence-corrected chi connectivity index (χ4v) is 1.50. The van der Waals surface area contributed by atoms with Gasteiger partial charge in [-0.1, -0.05) is 12.1 Å². The van der Waals surface area contributed by atoms with Gasteiger partial charge in [0.25, 0.3) is 6.10 Å². The van der Waals surface area contributed by atoms with Gasteiger partial charge in [-0.15, -0.1) is 0 Å². The van der Waals surface area contributed by atoms with Crippen molar-refractivity contribution in [1.82, 2.24) is 0 Å². The van der Waals surface area contributed by atoms with Crippen molar-refractivity contribution >= 4 is 11.9 Å². The molecule has 0 bridgehead atoms. The SMILES string of the molecule is COC(=O)C(Oc1ccccc1OC(C)(C)C)C(=O)OC. The predicted octanol–water partition coefficient (Wildman–Crippen LogP) is 1.96. The lowest BCUT2D eigenvalue weighted by Gasteiger charge is -2.24. The second-order valence-corrected chi connectivity index (χ2v) is 5.21. The summed E-state index contributed by atoms with van der Waals surface area (Å²) in [5, 5.41) is 0. The van der Waals surface area contributed by atoms with Gasteiger partial charge in [0, 0.05) is 0 Å². The van der Waals surface area contributed by atoms with Crippen LogP contribution in [-0.2, 0) is 19.1 Å². The first-order chi connectivity index (χ1) is 9.78. The highest BCUT2D eigenvalue weighted by Crippen LogP contribution is 2.30. The second-order valence-electron chi connectivity index (χ2n) is 5.21. The molecule has 0 aromatic heterocycles. The standard InChI is InChI=1S/C15H20O6/c1-15(2,3)21-11-9-7-6-8-10(11)20-12(13(16)18-4)14(17)19-5/h6-9,12H,1-5H3. The summed E-state index contributed by atoms with van der Waals surface area (Å²) in [4.78, 5) is 23.2. The lowest BCUT2D eigenvalue weighted by atomic mass is 10.2. The summed E-state index contributed by atoms with van der Waals surface area (Å²) in [6.45, 7) is 5.63. The molecule has 0 spiro atoms. The van der Waals surface area contributed by atoms with E-state index in [1.807, 2.05) is 20.8 Å². The van der Waals surface area contributed by atoms with Gasteiger partial charge in [-0.3, -0.25) is 0 Å². The molecule has 0 saturated carbocycles. The average Bonchev–Trinajstić information content (AvgIpc) is 2.43. The molecular formula is C15H20O6. The monoisotopic (exact) mass is 296 g/mol. The van der Waals surface area contributed by atoms with Crippen molar-refractivity contribution in [2.45, 2.75) is 32.5 Å². The van der Waals surface area contributed by atoms with E-state index in [-0.39, 0.29) is 5.75 Å². The predicted molar refractivity (Wildman–Crippen MR) is 75.3 cm³/mol. The molecular weight excluding hydrogens is 276 g/mol. The van der Waals surface area contributed by atoms with Gasteiger partial charge in [0.15, 0.2) is 11.5 Å². The van der Waals surface area contributed by atoms with E-state index in [1.165, 1.54) is 14.2 Å². The molecule has 6 heteroatoms. The first-order valence-electron chi connectivity index (χ1n) is 6.39. The Hall–Kier alpha value is -2.24. The van der Waals surface area contributed by atoms with Crippen LogP contribution in [0.5, 0.6) is 11.5 Å². The number of esters is 2. The highest BCUT2D eigenvalue weighted by atomic mass is 16.6. The summed E-state index contributed by atoms with van der Waals surface area (Å²) in [6, 6.07) is 6.75. The Balaban J connectivity index is 3.04. The average molecular weight is 296 g/mol. The van der Waals surface area contributed by atoms with Crippen LogP contribution in [0.4, 0.5) is 0 Å². The Morgan fingerprint density at radius 1 is 0.952 bits per heavy atom. The third-order valence-electron chi connectivity index (χ3n) is 2.34. The van der Waals surface area contributed by atoms with Crippen molar-refractivity contribution in [2.24, 2.45) is 0 Å². The number of hydrogen-bond donors (Lipinski definition) is 0. The van der Waals surface area contributed by atoms with Crippen LogP contribution in [0.15, 0.2) is 24.3 Å². The molecule has 0 unspecified atom stereocenters. The quantitative estimate of drug-likeness (QED) is 0.611. The molecule has 1 aromatic rings. The largest absolute Gasteiger partial charge is 0.484 e. The molecule has 0 amide bonds. The number of methoxy groups -OCH3 is 2. The normalized spacial score (nSPS) is 11.0. The van der Waals surface area contributed by atoms with Crippen LogP contribution < -0.4 is 9.47 Å². The Labute approximate surface area is 123 Å². The molecule has 116 valence electrons. The molecule has 0 heterocycles. The van der Waals surface area contributed by atoms with Crippen LogP contribution in [0.1, 0.15) is 20.8 Å². The van der Waals surface area contributed by atoms with Gasteiger partial charge in [0.2, 0.25) is 0 Å². The summed E-state index contributed by atoms with van der Waals surface area (Å²) in [7, 11) is 2.33. The van der Waals surface area contributed by atoms with E-state index in [2.05, 4.69) is 9.47 Å². The van der Waals surface area contributed by atoms with E-state index >= 15 is 0 Å². The first-order valence-corrected chi connectivity index (χ1v) is 6.39. The fraction of sp³-hybridized carbons (Fsp3) is 0.467. The van der Waals surface area contributed by atoms with Crippen molar-refractivity contribution in [1.29, 1.82) is 0 Å². The van der Waals surface area contributed by atoms with Crippen molar-refractivity contribution in [3.63, 3.8) is 0 Å². The van der Waals surface area contributed by atoms with Gasteiger partial charge in [-0.05, 0) is 32.9 Å². The third-order valence-corrected chi connectivity index (χ3v) is 2.34. The first kappa shape index (κ1) is 16.8. The minimum Gasteiger partial charge on any atom is -0.484 e. The van der Waals surface area contributed by atoms with E-state index in [0.717, 1.165) is 0 Å². The van der Waals surface area contributed by atoms with E-state index in [0.29, 0.717) is 5.75 Å². The van der Waals surface area contributed by atoms with Crippen LogP contribution in [0.3, 0.4) is 0 Å². The molecule has 0 radical (unpaired) electrons. The van der Waals surface area contributed by atoms with Crippen molar-refractivity contribution in [3.05, 3.63) is 24.3 Å². The van der Waals surface area contributed by atoms with Crippen LogP contribution in [0.2, 0.25) is 0 Å². The van der Waals surface area contributed by atoms with Crippen LogP contribution in [0.25, 0.3) is 0 Å². The van der Waals surface area contributed by atoms with Gasteiger partial charge in [0.1, 0.15) is 5.60 Å². The maximum atomic E-state index is 11.6. The zero-order valence-corrected chi connectivity index (χ0v) is 12.8. The van der Waals surface area contributed by atoms with E-state index in [1.54, 1.807) is 24.3 Å². The number of carbonyl (C=O) groups excluding carboxylic acids is 2. The molecule has 6 nitrogen and oxygen atoms in total. The topological polar surface area (TPSA) is 71.1 Å². The molecule has 1 rings (SSSR count). The smallest absolute Gasteiger partial charge is 0.359 e. The molecule has 0 saturated heterocycles. The fourth-order valence-electron chi connectivity index (χ4n) is 1.50. The summed E-state index contributed by atoms with van der Waals surface area (Å²) >= 11 is 0. The Morgan fingerprint density at radius 3 is 1.86 bits per heavy atom. The summed E-state index contributed by atoms with van der Waals surface area (Å²) in [6.07, 6.45) is -1.50. The van der Waals surface area contributed by atoms with Gasteiger partial charge in [0.05, 0.1) is 14.2 Å². The van der Waals surface area contributed by atoms with Gasteiger partial charge in [-0.25, -0.2) is 9.59 Å². The van der Waals surface area contributed by atoms with Crippen LogP contribution in [0, 0.1) is 0 Å². The minimum atomic E-state index is -1.50. The maximum absolute atomic E-state index is 11.6. The van der Waals surface area contributed by atoms with Gasteiger partial charge >= 0.3 is 11.9 Å². The summed E-state index contributed by atoms with van der Waals surface area (Å²) < 4.78 is 20.2. The number of hydrogen-bond acceptors (Lipinski definition) is 6. The number of rotatable bonds is 5. The molecule has 1 aromatic carbocycles. The summed E-state index contributed by atoms with van der Waals surface area (Å²) in [5.41, 5.74) is -0.453. The highest BCUT2D eigenvalue weighted by Gasteiger charge is 2.32. The minimum absolute atomic E-state index is 0.258. The molecule has 0 atom stereocenters. The molecule has 21 heavy (non-hydrogen) atoms. The van der Waals surface area contributed by atoms with Gasteiger partial charge in [-0.2, -0.15) is 0 Å². The zero-order valence-electron chi connectivity index (χ0n) is 12.8. The maximum Gasteiger partial charge on any atom is 0.359 e. The Bertz CT molecular complexity index is 487. The van der Waals surface area contributed by atoms with E-state index < -0.39 is 23.6 Å². The van der Waals surface area contributed by atoms with Gasteiger partial charge < -0.3 is 18.9 Å². The lowest BCUT2D eigenvalue weighted by molar-refractivity contribution is -0.163. The van der Waals surface area contributed by atoms with E-state index in [4.69, 9.17) is 9.47 Å². The second kappa shape index (κ2) is 6.97. The number of ether oxygens (including phenoxy) is 4. The van der Waals surface area contributed by atoms with Crippen molar-refractivity contribution in [3.8, 4) is 11.5 Å². The zero-order chi connectivity index (χ0) is 16.0. The van der Waals surface area contributed by atoms with Crippen molar-refractivity contribution in [2.75, 3.05) is 14.2 Å². The van der Waals surface area contributed by atoms with Crippen molar-refractivity contribution < 1.29 is 28.5 Å². The Morgan fingerprint density at radius 2 is 1.43 bits per heavy atom. The highest BCUT2D eigenvalue weighted by molar-refractivity contribution is 5.98. The molecule has 0 aliphatic rings. The molecule has 0 aliphatic heterocycles. The molecule has 0 N–H and O–H groups in total. The number of carbonyl (C=O) groups is 2. The van der Waals surface area contributed by atoms with E-state index in [9.17, 15) is 9.59 Å². The van der Waals surface area contributed by atoms with Crippen LogP contribution in [-0.4, -0.2) is 37.9 Å². The lowest BCUT2D eigenvalue weighted by Crippen LogP contribution is -2.37. The van der Waals surface area contributed by atoms with Crippen LogP contribution >= 0.6 is 0 Å². The number of benzene rings is 1. The molecule has 0 fully saturated rings.